The van der Waals surface area contributed by atoms with E-state index >= 15 is 0 Å². The standard InChI is InChI=1S/C31H24FN5O5/c1-42-26-13-9-22-16-37(30(40)27(22)28(26)32)17-23(35-31(41)34-18-38)10-6-19-4-7-20(8-5-19)29-25(39)12-11-24(36-29)21-3-2-14-33-15-21/h2-5,7-9,11-15,18,23,39H,16-17H2,1H3,(H2,34,35,38,41)/t23-/m1/s1. The molecule has 0 saturated heterocycles. The number of ether oxygens (including phenoxy) is 1. The summed E-state index contributed by atoms with van der Waals surface area (Å²) in [7, 11) is 1.31. The molecule has 0 bridgehead atoms. The Hall–Kier alpha value is -5.76. The van der Waals surface area contributed by atoms with Gasteiger partial charge >= 0.3 is 6.03 Å². The van der Waals surface area contributed by atoms with Crippen LogP contribution >= 0.6 is 0 Å². The molecule has 2 aromatic carbocycles. The SMILES string of the molecule is COc1ccc2c(c1F)C(=O)N(C[C@@H](C#Cc1ccc(-c3nc(-c4cccnc4)ccc3O)cc1)NC(=O)NC=O)C2. The molecule has 1 aliphatic heterocycles. The van der Waals surface area contributed by atoms with Crippen LogP contribution in [0.3, 0.4) is 0 Å². The number of halogens is 1. The van der Waals surface area contributed by atoms with E-state index in [1.807, 2.05) is 11.4 Å². The fourth-order valence-electron chi connectivity index (χ4n) is 4.52. The Morgan fingerprint density at radius 1 is 1.17 bits per heavy atom. The summed E-state index contributed by atoms with van der Waals surface area (Å²) >= 11 is 0. The quantitative estimate of drug-likeness (QED) is 0.231. The third-order valence-electron chi connectivity index (χ3n) is 6.55. The van der Waals surface area contributed by atoms with Crippen LogP contribution in [-0.2, 0) is 11.3 Å². The van der Waals surface area contributed by atoms with Gasteiger partial charge < -0.3 is 20.1 Å². The predicted octanol–water partition coefficient (Wildman–Crippen LogP) is 3.50. The summed E-state index contributed by atoms with van der Waals surface area (Å²) in [6.07, 6.45) is 3.58. The number of carbonyl (C=O) groups excluding carboxylic acids is 3. The molecular formula is C31H24FN5O5. The molecular weight excluding hydrogens is 541 g/mol. The Labute approximate surface area is 240 Å². The number of fused-ring (bicyclic) bond motifs is 1. The minimum atomic E-state index is -0.894. The highest BCUT2D eigenvalue weighted by Crippen LogP contribution is 2.32. The maximum atomic E-state index is 14.8. The highest BCUT2D eigenvalue weighted by molar-refractivity contribution is 5.99. The van der Waals surface area contributed by atoms with E-state index in [4.69, 9.17) is 4.74 Å². The molecule has 0 aliphatic carbocycles. The molecule has 10 nitrogen and oxygen atoms in total. The lowest BCUT2D eigenvalue weighted by Gasteiger charge is -2.21. The van der Waals surface area contributed by atoms with E-state index < -0.39 is 23.8 Å². The zero-order valence-corrected chi connectivity index (χ0v) is 22.3. The van der Waals surface area contributed by atoms with Gasteiger partial charge in [0, 0.05) is 35.6 Å². The number of amides is 4. The molecule has 0 spiro atoms. The van der Waals surface area contributed by atoms with Crippen LogP contribution in [0.4, 0.5) is 9.18 Å². The van der Waals surface area contributed by atoms with Gasteiger partial charge in [0.25, 0.3) is 5.91 Å². The van der Waals surface area contributed by atoms with Crippen LogP contribution < -0.4 is 15.4 Å². The zero-order chi connectivity index (χ0) is 29.6. The summed E-state index contributed by atoms with van der Waals surface area (Å²) in [5, 5.41) is 15.0. The topological polar surface area (TPSA) is 134 Å². The van der Waals surface area contributed by atoms with Crippen molar-refractivity contribution < 1.29 is 28.6 Å². The number of benzene rings is 2. The minimum Gasteiger partial charge on any atom is -0.506 e. The molecule has 0 unspecified atom stereocenters. The van der Waals surface area contributed by atoms with Crippen molar-refractivity contribution in [3.63, 3.8) is 0 Å². The maximum Gasteiger partial charge on any atom is 0.322 e. The highest BCUT2D eigenvalue weighted by atomic mass is 19.1. The minimum absolute atomic E-state index is 0.0114. The van der Waals surface area contributed by atoms with E-state index in [1.165, 1.54) is 18.1 Å². The summed E-state index contributed by atoms with van der Waals surface area (Å²) in [6, 6.07) is 15.3. The summed E-state index contributed by atoms with van der Waals surface area (Å²) < 4.78 is 19.7. The molecule has 1 atom stereocenters. The van der Waals surface area contributed by atoms with Gasteiger partial charge in [-0.2, -0.15) is 0 Å². The number of aromatic nitrogens is 2. The third kappa shape index (κ3) is 5.88. The molecule has 2 aromatic heterocycles. The van der Waals surface area contributed by atoms with E-state index in [2.05, 4.69) is 27.1 Å². The van der Waals surface area contributed by atoms with Crippen molar-refractivity contribution >= 4 is 18.3 Å². The monoisotopic (exact) mass is 565 g/mol. The van der Waals surface area contributed by atoms with Gasteiger partial charge in [0.2, 0.25) is 6.41 Å². The van der Waals surface area contributed by atoms with Crippen LogP contribution in [0.15, 0.2) is 73.1 Å². The summed E-state index contributed by atoms with van der Waals surface area (Å²) in [5.41, 5.74) is 3.48. The van der Waals surface area contributed by atoms with E-state index in [0.29, 0.717) is 28.1 Å². The molecule has 3 N–H and O–H groups in total. The fraction of sp³-hybridized carbons (Fsp3) is 0.129. The first-order chi connectivity index (χ1) is 20.4. The number of aromatic hydroxyl groups is 1. The van der Waals surface area contributed by atoms with Crippen LogP contribution in [0.5, 0.6) is 11.5 Å². The molecule has 11 heteroatoms. The Morgan fingerprint density at radius 3 is 2.69 bits per heavy atom. The van der Waals surface area contributed by atoms with Gasteiger partial charge in [-0.3, -0.25) is 19.9 Å². The molecule has 210 valence electrons. The number of nitrogens with zero attached hydrogens (tertiary/aromatic N) is 3. The van der Waals surface area contributed by atoms with Gasteiger partial charge in [-0.15, -0.1) is 0 Å². The highest BCUT2D eigenvalue weighted by Gasteiger charge is 2.33. The molecule has 3 heterocycles. The fourth-order valence-corrected chi connectivity index (χ4v) is 4.52. The molecule has 5 rings (SSSR count). The molecule has 0 fully saturated rings. The van der Waals surface area contributed by atoms with Crippen molar-refractivity contribution in [3.8, 4) is 45.9 Å². The van der Waals surface area contributed by atoms with E-state index in [-0.39, 0.29) is 36.6 Å². The number of hydrogen-bond acceptors (Lipinski definition) is 7. The number of urea groups is 1. The van der Waals surface area contributed by atoms with Gasteiger partial charge in [-0.25, -0.2) is 14.2 Å². The Kier molecular flexibility index (Phi) is 8.06. The summed E-state index contributed by atoms with van der Waals surface area (Å²) in [4.78, 5) is 45.9. The van der Waals surface area contributed by atoms with Gasteiger partial charge in [0.1, 0.15) is 17.5 Å². The summed E-state index contributed by atoms with van der Waals surface area (Å²) in [5.74, 6) is 4.54. The van der Waals surface area contributed by atoms with Crippen molar-refractivity contribution in [1.82, 2.24) is 25.5 Å². The van der Waals surface area contributed by atoms with Crippen molar-refractivity contribution in [2.45, 2.75) is 12.6 Å². The molecule has 0 saturated carbocycles. The molecule has 0 radical (unpaired) electrons. The maximum absolute atomic E-state index is 14.8. The number of pyridine rings is 2. The Morgan fingerprint density at radius 2 is 1.98 bits per heavy atom. The smallest absolute Gasteiger partial charge is 0.322 e. The van der Waals surface area contributed by atoms with Crippen LogP contribution in [0.1, 0.15) is 21.5 Å². The van der Waals surface area contributed by atoms with Gasteiger partial charge in [-0.05, 0) is 48.0 Å². The van der Waals surface area contributed by atoms with Gasteiger partial charge in [0.05, 0.1) is 24.9 Å². The van der Waals surface area contributed by atoms with Crippen molar-refractivity contribution in [2.75, 3.05) is 13.7 Å². The van der Waals surface area contributed by atoms with Gasteiger partial charge in [0.15, 0.2) is 11.6 Å². The zero-order valence-electron chi connectivity index (χ0n) is 22.3. The number of imide groups is 1. The average molecular weight is 566 g/mol. The number of carbonyl (C=O) groups is 3. The molecule has 1 aliphatic rings. The van der Waals surface area contributed by atoms with Crippen LogP contribution in [0, 0.1) is 17.7 Å². The van der Waals surface area contributed by atoms with E-state index in [1.54, 1.807) is 60.9 Å². The lowest BCUT2D eigenvalue weighted by Crippen LogP contribution is -2.46. The second-order valence-corrected chi connectivity index (χ2v) is 9.24. The number of hydrogen-bond donors (Lipinski definition) is 3. The second kappa shape index (κ2) is 12.2. The number of rotatable bonds is 7. The van der Waals surface area contributed by atoms with Crippen LogP contribution in [0.25, 0.3) is 22.5 Å². The first kappa shape index (κ1) is 27.8. The largest absolute Gasteiger partial charge is 0.506 e. The second-order valence-electron chi connectivity index (χ2n) is 9.24. The lowest BCUT2D eigenvalue weighted by molar-refractivity contribution is -0.108. The van der Waals surface area contributed by atoms with Gasteiger partial charge in [-0.1, -0.05) is 30.0 Å². The lowest BCUT2D eigenvalue weighted by atomic mass is 10.1. The van der Waals surface area contributed by atoms with Crippen LogP contribution in [0.2, 0.25) is 0 Å². The van der Waals surface area contributed by atoms with Crippen molar-refractivity contribution in [1.29, 1.82) is 0 Å². The number of nitrogens with one attached hydrogen (secondary N) is 2. The van der Waals surface area contributed by atoms with E-state index in [9.17, 15) is 23.9 Å². The Bertz CT molecular complexity index is 1720. The summed E-state index contributed by atoms with van der Waals surface area (Å²) in [6.45, 7) is 0.0547. The first-order valence-electron chi connectivity index (χ1n) is 12.8. The third-order valence-corrected chi connectivity index (χ3v) is 6.55. The number of methoxy groups -OCH3 is 1. The van der Waals surface area contributed by atoms with E-state index in [0.717, 1.165) is 5.56 Å². The van der Waals surface area contributed by atoms with Crippen molar-refractivity contribution in [2.24, 2.45) is 0 Å². The Balaban J connectivity index is 1.36. The first-order valence-corrected chi connectivity index (χ1v) is 12.8. The van der Waals surface area contributed by atoms with Crippen molar-refractivity contribution in [3.05, 3.63) is 95.6 Å². The molecule has 42 heavy (non-hydrogen) atoms. The molecule has 4 amide bonds. The average Bonchev–Trinajstić information content (AvgIpc) is 3.32. The molecule has 4 aromatic rings. The predicted molar refractivity (Wildman–Crippen MR) is 151 cm³/mol. The van der Waals surface area contributed by atoms with Crippen LogP contribution in [-0.4, -0.2) is 58.0 Å². The normalized spacial score (nSPS) is 12.5.